The van der Waals surface area contributed by atoms with Crippen molar-refractivity contribution in [3.63, 3.8) is 0 Å². The molecule has 8 heteroatoms. The highest BCUT2D eigenvalue weighted by Crippen LogP contribution is 2.28. The van der Waals surface area contributed by atoms with Crippen molar-refractivity contribution >= 4 is 11.9 Å². The number of methoxy groups -OCH3 is 2. The monoisotopic (exact) mass is 372 g/mol. The molecule has 1 aliphatic rings. The fourth-order valence-corrected chi connectivity index (χ4v) is 3.27. The molecule has 0 radical (unpaired) electrons. The minimum atomic E-state index is -0.811. The van der Waals surface area contributed by atoms with E-state index in [2.05, 4.69) is 0 Å². The van der Waals surface area contributed by atoms with Crippen LogP contribution in [0.15, 0.2) is 29.1 Å². The molecule has 1 aliphatic heterocycles. The summed E-state index contributed by atoms with van der Waals surface area (Å²) in [5, 5.41) is 10.3. The lowest BCUT2D eigenvalue weighted by molar-refractivity contribution is 0.0584. The van der Waals surface area contributed by atoms with E-state index in [9.17, 15) is 19.5 Å². The largest absolute Gasteiger partial charge is 0.502 e. The second-order valence-corrected chi connectivity index (χ2v) is 6.23. The van der Waals surface area contributed by atoms with Crippen LogP contribution >= 0.6 is 0 Å². The van der Waals surface area contributed by atoms with Crippen LogP contribution in [0.3, 0.4) is 0 Å². The van der Waals surface area contributed by atoms with E-state index in [0.717, 1.165) is 10.1 Å². The molecule has 0 unspecified atom stereocenters. The smallest absolute Gasteiger partial charge is 0.355 e. The van der Waals surface area contributed by atoms with E-state index in [-0.39, 0.29) is 11.3 Å². The molecular formula is C19H20N2O6. The quantitative estimate of drug-likeness (QED) is 0.807. The number of aromatic hydroxyl groups is 1. The number of hydrogen-bond acceptors (Lipinski definition) is 6. The van der Waals surface area contributed by atoms with Gasteiger partial charge in [0.25, 0.3) is 11.5 Å². The molecule has 0 aliphatic carbocycles. The molecule has 27 heavy (non-hydrogen) atoms. The highest BCUT2D eigenvalue weighted by atomic mass is 16.5. The standard InChI is InChI=1S/C19H20N2O6/c1-20-15(19(25)27-3)13-8-9-21(17(23)14(13)16(22)18(20)24)10-11-4-6-12(26-2)7-5-11/h4-7,22H,8-10H2,1-3H3. The summed E-state index contributed by atoms with van der Waals surface area (Å²) in [6.45, 7) is 0.657. The van der Waals surface area contributed by atoms with Crippen molar-refractivity contribution in [2.45, 2.75) is 13.0 Å². The summed E-state index contributed by atoms with van der Waals surface area (Å²) in [6.07, 6.45) is 0.323. The summed E-state index contributed by atoms with van der Waals surface area (Å²) in [5.41, 5.74) is 0.265. The molecule has 1 aromatic carbocycles. The van der Waals surface area contributed by atoms with E-state index < -0.39 is 23.2 Å². The summed E-state index contributed by atoms with van der Waals surface area (Å²) in [4.78, 5) is 38.9. The third-order valence-corrected chi connectivity index (χ3v) is 4.71. The van der Waals surface area contributed by atoms with Gasteiger partial charge in [-0.05, 0) is 24.1 Å². The first-order valence-corrected chi connectivity index (χ1v) is 8.34. The zero-order valence-corrected chi connectivity index (χ0v) is 15.3. The number of carbonyl (C=O) groups excluding carboxylic acids is 2. The van der Waals surface area contributed by atoms with Crippen molar-refractivity contribution in [2.24, 2.45) is 7.05 Å². The number of aromatic nitrogens is 1. The maximum absolute atomic E-state index is 12.9. The van der Waals surface area contributed by atoms with Crippen molar-refractivity contribution in [1.29, 1.82) is 0 Å². The predicted molar refractivity (Wildman–Crippen MR) is 96.1 cm³/mol. The lowest BCUT2D eigenvalue weighted by Gasteiger charge is -2.30. The Bertz CT molecular complexity index is 962. The van der Waals surface area contributed by atoms with E-state index in [1.165, 1.54) is 19.1 Å². The van der Waals surface area contributed by atoms with Gasteiger partial charge in [-0.15, -0.1) is 0 Å². The van der Waals surface area contributed by atoms with Crippen LogP contribution in [-0.2, 0) is 24.8 Å². The Morgan fingerprint density at radius 3 is 2.44 bits per heavy atom. The van der Waals surface area contributed by atoms with Gasteiger partial charge >= 0.3 is 5.97 Å². The number of amides is 1. The Balaban J connectivity index is 2.00. The van der Waals surface area contributed by atoms with Crippen LogP contribution in [-0.4, -0.2) is 47.2 Å². The van der Waals surface area contributed by atoms with Gasteiger partial charge in [-0.2, -0.15) is 0 Å². The Hall–Kier alpha value is -3.29. The molecule has 142 valence electrons. The van der Waals surface area contributed by atoms with Gasteiger partial charge in [0.05, 0.1) is 19.8 Å². The van der Waals surface area contributed by atoms with Crippen molar-refractivity contribution in [3.05, 3.63) is 57.0 Å². The third-order valence-electron chi connectivity index (χ3n) is 4.71. The van der Waals surface area contributed by atoms with Gasteiger partial charge in [-0.1, -0.05) is 12.1 Å². The lowest BCUT2D eigenvalue weighted by Crippen LogP contribution is -2.41. The number of esters is 1. The highest BCUT2D eigenvalue weighted by Gasteiger charge is 2.34. The minimum absolute atomic E-state index is 0.00672. The van der Waals surface area contributed by atoms with Crippen LogP contribution in [0.1, 0.15) is 32.0 Å². The fourth-order valence-electron chi connectivity index (χ4n) is 3.27. The summed E-state index contributed by atoms with van der Waals surface area (Å²) in [6, 6.07) is 7.26. The maximum Gasteiger partial charge on any atom is 0.355 e. The number of benzene rings is 1. The number of fused-ring (bicyclic) bond motifs is 1. The van der Waals surface area contributed by atoms with Gasteiger partial charge in [0.2, 0.25) is 0 Å². The van der Waals surface area contributed by atoms with Crippen molar-refractivity contribution < 1.29 is 24.2 Å². The SMILES string of the molecule is COC(=O)c1c2c(c(O)c(=O)n1C)C(=O)N(Cc1ccc(OC)cc1)CC2. The first-order chi connectivity index (χ1) is 12.9. The molecule has 1 aromatic heterocycles. The highest BCUT2D eigenvalue weighted by molar-refractivity contribution is 6.02. The van der Waals surface area contributed by atoms with Gasteiger partial charge in [0.1, 0.15) is 11.4 Å². The lowest BCUT2D eigenvalue weighted by atomic mass is 9.96. The number of rotatable bonds is 4. The Morgan fingerprint density at radius 2 is 1.85 bits per heavy atom. The zero-order chi connectivity index (χ0) is 19.7. The summed E-state index contributed by atoms with van der Waals surface area (Å²) in [7, 11) is 4.14. The van der Waals surface area contributed by atoms with Gasteiger partial charge in [-0.25, -0.2) is 4.79 Å². The molecule has 1 N–H and O–H groups in total. The van der Waals surface area contributed by atoms with E-state index in [1.54, 1.807) is 19.2 Å². The van der Waals surface area contributed by atoms with Crippen LogP contribution in [0.2, 0.25) is 0 Å². The first-order valence-electron chi connectivity index (χ1n) is 8.34. The predicted octanol–water partition coefficient (Wildman–Crippen LogP) is 1.08. The number of ether oxygens (including phenoxy) is 2. The van der Waals surface area contributed by atoms with Crippen LogP contribution in [0.5, 0.6) is 11.5 Å². The molecule has 2 heterocycles. The average molecular weight is 372 g/mol. The number of carbonyl (C=O) groups is 2. The average Bonchev–Trinajstić information content (AvgIpc) is 2.68. The Kier molecular flexibility index (Phi) is 4.89. The number of pyridine rings is 1. The molecule has 0 spiro atoms. The minimum Gasteiger partial charge on any atom is -0.502 e. The molecule has 3 rings (SSSR count). The summed E-state index contributed by atoms with van der Waals surface area (Å²) >= 11 is 0. The van der Waals surface area contributed by atoms with E-state index in [0.29, 0.717) is 30.8 Å². The molecule has 0 saturated heterocycles. The van der Waals surface area contributed by atoms with Crippen LogP contribution in [0.4, 0.5) is 0 Å². The van der Waals surface area contributed by atoms with Crippen LogP contribution in [0.25, 0.3) is 0 Å². The van der Waals surface area contributed by atoms with E-state index in [4.69, 9.17) is 9.47 Å². The van der Waals surface area contributed by atoms with Crippen LogP contribution in [0, 0.1) is 0 Å². The maximum atomic E-state index is 12.9. The molecule has 0 atom stereocenters. The molecule has 0 bridgehead atoms. The third kappa shape index (κ3) is 3.14. The second kappa shape index (κ2) is 7.14. The van der Waals surface area contributed by atoms with Gasteiger partial charge in [0.15, 0.2) is 5.75 Å². The molecule has 0 saturated carbocycles. The molecule has 0 fully saturated rings. The number of nitrogens with zero attached hydrogens (tertiary/aromatic N) is 2. The normalized spacial score (nSPS) is 13.3. The molecule has 2 aromatic rings. The van der Waals surface area contributed by atoms with E-state index in [1.807, 2.05) is 12.1 Å². The Labute approximate surface area is 155 Å². The fraction of sp³-hybridized carbons (Fsp3) is 0.316. The molecular weight excluding hydrogens is 352 g/mol. The van der Waals surface area contributed by atoms with Crippen molar-refractivity contribution in [1.82, 2.24) is 9.47 Å². The van der Waals surface area contributed by atoms with Crippen molar-refractivity contribution in [3.8, 4) is 11.5 Å². The van der Waals surface area contributed by atoms with Crippen molar-refractivity contribution in [2.75, 3.05) is 20.8 Å². The van der Waals surface area contributed by atoms with Crippen LogP contribution < -0.4 is 10.3 Å². The van der Waals surface area contributed by atoms with E-state index >= 15 is 0 Å². The van der Waals surface area contributed by atoms with Gasteiger partial charge in [0, 0.05) is 25.7 Å². The zero-order valence-electron chi connectivity index (χ0n) is 15.3. The summed E-state index contributed by atoms with van der Waals surface area (Å²) in [5.74, 6) is -1.16. The first kappa shape index (κ1) is 18.5. The Morgan fingerprint density at radius 1 is 1.19 bits per heavy atom. The molecule has 1 amide bonds. The summed E-state index contributed by atoms with van der Waals surface area (Å²) < 4.78 is 10.9. The van der Waals surface area contributed by atoms with Gasteiger partial charge in [-0.3, -0.25) is 9.59 Å². The topological polar surface area (TPSA) is 98.1 Å². The van der Waals surface area contributed by atoms with Gasteiger partial charge < -0.3 is 24.0 Å². The number of hydrogen-bond donors (Lipinski definition) is 1. The molecule has 8 nitrogen and oxygen atoms in total. The second-order valence-electron chi connectivity index (χ2n) is 6.23.